The predicted molar refractivity (Wildman–Crippen MR) is 131 cm³/mol. The molecule has 1 aliphatic rings. The molecule has 4 rings (SSSR count). The van der Waals surface area contributed by atoms with Crippen LogP contribution in [0, 0.1) is 20.8 Å². The quantitative estimate of drug-likeness (QED) is 0.512. The second kappa shape index (κ2) is 9.79. The number of imidazole rings is 1. The smallest absolute Gasteiger partial charge is 0.221 e. The molecule has 0 atom stereocenters. The molecule has 3 heterocycles. The molecule has 1 aromatic carbocycles. The van der Waals surface area contributed by atoms with Crippen LogP contribution in [-0.2, 0) is 11.3 Å². The van der Waals surface area contributed by atoms with E-state index >= 15 is 0 Å². The van der Waals surface area contributed by atoms with E-state index in [4.69, 9.17) is 4.98 Å². The number of rotatable bonds is 7. The van der Waals surface area contributed by atoms with E-state index in [0.29, 0.717) is 24.7 Å². The van der Waals surface area contributed by atoms with Gasteiger partial charge in [0.15, 0.2) is 0 Å². The van der Waals surface area contributed by atoms with Crippen LogP contribution in [0.25, 0.3) is 11.0 Å². The van der Waals surface area contributed by atoms with Crippen LogP contribution in [0.15, 0.2) is 24.3 Å². The summed E-state index contributed by atoms with van der Waals surface area (Å²) in [6.45, 7) is 9.25. The Bertz CT molecular complexity index is 1150. The number of aromatic hydroxyl groups is 1. The molecule has 3 N–H and O–H groups in total. The van der Waals surface area contributed by atoms with Crippen LogP contribution >= 0.6 is 0 Å². The standard InChI is InChI=1S/C25H34N6O2/c1-16-13-17(2)24-21(14-16)31(15-20-22(32)6-5-18(3)27-20)25(29-24)28-19-7-10-30(11-8-19)12-9-23(33)26-4/h5-6,13-14,19,32H,7-12,15H2,1-4H3,(H,26,33)(H,28,29). The topological polar surface area (TPSA) is 95.3 Å². The van der Waals surface area contributed by atoms with Crippen LogP contribution in [0.5, 0.6) is 5.75 Å². The highest BCUT2D eigenvalue weighted by atomic mass is 16.3. The number of benzene rings is 1. The van der Waals surface area contributed by atoms with Gasteiger partial charge in [0.25, 0.3) is 0 Å². The monoisotopic (exact) mass is 450 g/mol. The fraction of sp³-hybridized carbons (Fsp3) is 0.480. The van der Waals surface area contributed by atoms with Crippen molar-refractivity contribution in [2.75, 3.05) is 32.0 Å². The number of carbonyl (C=O) groups is 1. The van der Waals surface area contributed by atoms with Crippen LogP contribution in [0.2, 0.25) is 0 Å². The molecule has 0 bridgehead atoms. The number of carbonyl (C=O) groups excluding carboxylic acids is 1. The number of aryl methyl sites for hydroxylation is 3. The molecular weight excluding hydrogens is 416 g/mol. The summed E-state index contributed by atoms with van der Waals surface area (Å²) in [7, 11) is 1.68. The van der Waals surface area contributed by atoms with Crippen molar-refractivity contribution < 1.29 is 9.90 Å². The number of hydrogen-bond donors (Lipinski definition) is 3. The van der Waals surface area contributed by atoms with Crippen molar-refractivity contribution in [2.24, 2.45) is 0 Å². The van der Waals surface area contributed by atoms with Gasteiger partial charge in [0.2, 0.25) is 11.9 Å². The lowest BCUT2D eigenvalue weighted by Gasteiger charge is -2.32. The van der Waals surface area contributed by atoms with Crippen molar-refractivity contribution in [3.05, 3.63) is 46.8 Å². The highest BCUT2D eigenvalue weighted by Crippen LogP contribution is 2.28. The molecule has 0 saturated carbocycles. The van der Waals surface area contributed by atoms with Gasteiger partial charge >= 0.3 is 0 Å². The summed E-state index contributed by atoms with van der Waals surface area (Å²) in [5, 5.41) is 16.8. The maximum Gasteiger partial charge on any atom is 0.221 e. The number of piperidine rings is 1. The average Bonchev–Trinajstić information content (AvgIpc) is 3.12. The number of likely N-dealkylation sites (tertiary alicyclic amines) is 1. The summed E-state index contributed by atoms with van der Waals surface area (Å²) in [6.07, 6.45) is 2.52. The molecule has 1 fully saturated rings. The Morgan fingerprint density at radius 2 is 1.91 bits per heavy atom. The molecule has 8 heteroatoms. The van der Waals surface area contributed by atoms with E-state index < -0.39 is 0 Å². The number of nitrogens with zero attached hydrogens (tertiary/aromatic N) is 4. The summed E-state index contributed by atoms with van der Waals surface area (Å²) >= 11 is 0. The summed E-state index contributed by atoms with van der Waals surface area (Å²) < 4.78 is 2.13. The molecule has 33 heavy (non-hydrogen) atoms. The number of aromatic nitrogens is 3. The number of anilines is 1. The molecule has 176 valence electrons. The largest absolute Gasteiger partial charge is 0.506 e. The third-order valence-corrected chi connectivity index (χ3v) is 6.44. The zero-order valence-corrected chi connectivity index (χ0v) is 20.0. The molecule has 2 aromatic heterocycles. The second-order valence-electron chi connectivity index (χ2n) is 9.07. The van der Waals surface area contributed by atoms with E-state index in [2.05, 4.69) is 51.1 Å². The second-order valence-corrected chi connectivity index (χ2v) is 9.07. The molecule has 1 aliphatic heterocycles. The van der Waals surface area contributed by atoms with E-state index in [1.807, 2.05) is 13.0 Å². The zero-order chi connectivity index (χ0) is 23.5. The molecule has 1 saturated heterocycles. The molecule has 1 amide bonds. The maximum atomic E-state index is 11.5. The fourth-order valence-electron chi connectivity index (χ4n) is 4.58. The third kappa shape index (κ3) is 5.27. The van der Waals surface area contributed by atoms with Crippen molar-refractivity contribution in [2.45, 2.75) is 52.6 Å². The van der Waals surface area contributed by atoms with Crippen molar-refractivity contribution in [1.82, 2.24) is 24.8 Å². The summed E-state index contributed by atoms with van der Waals surface area (Å²) in [6, 6.07) is 8.12. The molecule has 3 aromatic rings. The lowest BCUT2D eigenvalue weighted by molar-refractivity contribution is -0.121. The highest BCUT2D eigenvalue weighted by Gasteiger charge is 2.23. The summed E-state index contributed by atoms with van der Waals surface area (Å²) in [5.74, 6) is 1.09. The summed E-state index contributed by atoms with van der Waals surface area (Å²) in [5.41, 5.74) is 5.84. The maximum absolute atomic E-state index is 11.5. The number of hydrogen-bond acceptors (Lipinski definition) is 6. The van der Waals surface area contributed by atoms with Crippen molar-refractivity contribution in [3.63, 3.8) is 0 Å². The first-order valence-corrected chi connectivity index (χ1v) is 11.7. The van der Waals surface area contributed by atoms with Gasteiger partial charge in [-0.1, -0.05) is 6.07 Å². The Morgan fingerprint density at radius 3 is 2.64 bits per heavy atom. The Morgan fingerprint density at radius 1 is 1.15 bits per heavy atom. The van der Waals surface area contributed by atoms with Gasteiger partial charge in [-0.25, -0.2) is 4.98 Å². The summed E-state index contributed by atoms with van der Waals surface area (Å²) in [4.78, 5) is 23.4. The zero-order valence-electron chi connectivity index (χ0n) is 20.0. The van der Waals surface area contributed by atoms with E-state index in [1.165, 1.54) is 5.56 Å². The Labute approximate surface area is 195 Å². The normalized spacial score (nSPS) is 15.2. The van der Waals surface area contributed by atoms with Gasteiger partial charge in [-0.3, -0.25) is 9.78 Å². The first kappa shape index (κ1) is 23.0. The van der Waals surface area contributed by atoms with Gasteiger partial charge in [-0.2, -0.15) is 0 Å². The molecule has 0 radical (unpaired) electrons. The molecular formula is C25H34N6O2. The lowest BCUT2D eigenvalue weighted by Crippen LogP contribution is -2.41. The Balaban J connectivity index is 1.56. The third-order valence-electron chi connectivity index (χ3n) is 6.44. The van der Waals surface area contributed by atoms with E-state index in [9.17, 15) is 9.90 Å². The minimum atomic E-state index is 0.0858. The number of amides is 1. The number of pyridine rings is 1. The van der Waals surface area contributed by atoms with Crippen LogP contribution in [0.3, 0.4) is 0 Å². The minimum Gasteiger partial charge on any atom is -0.506 e. The first-order chi connectivity index (χ1) is 15.8. The van der Waals surface area contributed by atoms with Gasteiger partial charge in [-0.05, 0) is 62.9 Å². The predicted octanol–water partition coefficient (Wildman–Crippen LogP) is 3.12. The number of fused-ring (bicyclic) bond motifs is 1. The van der Waals surface area contributed by atoms with Crippen LogP contribution in [-0.4, -0.2) is 63.2 Å². The molecule has 8 nitrogen and oxygen atoms in total. The van der Waals surface area contributed by atoms with Gasteiger partial charge < -0.3 is 25.2 Å². The molecule has 0 spiro atoms. The molecule has 0 unspecified atom stereocenters. The van der Waals surface area contributed by atoms with E-state index in [0.717, 1.165) is 60.7 Å². The van der Waals surface area contributed by atoms with Crippen molar-refractivity contribution in [3.8, 4) is 5.75 Å². The van der Waals surface area contributed by atoms with Crippen LogP contribution in [0.1, 0.15) is 41.8 Å². The van der Waals surface area contributed by atoms with Gasteiger partial charge in [0.05, 0.1) is 17.6 Å². The highest BCUT2D eigenvalue weighted by molar-refractivity contribution is 5.83. The fourth-order valence-corrected chi connectivity index (χ4v) is 4.58. The van der Waals surface area contributed by atoms with Crippen molar-refractivity contribution >= 4 is 22.9 Å². The average molecular weight is 451 g/mol. The SMILES string of the molecule is CNC(=O)CCN1CCC(Nc2nc3c(C)cc(C)cc3n2Cc2nc(C)ccc2O)CC1. The minimum absolute atomic E-state index is 0.0858. The van der Waals surface area contributed by atoms with E-state index in [-0.39, 0.29) is 11.7 Å². The van der Waals surface area contributed by atoms with Crippen LogP contribution in [0.4, 0.5) is 5.95 Å². The van der Waals surface area contributed by atoms with E-state index in [1.54, 1.807) is 13.1 Å². The van der Waals surface area contributed by atoms with Crippen LogP contribution < -0.4 is 10.6 Å². The van der Waals surface area contributed by atoms with Gasteiger partial charge in [-0.15, -0.1) is 0 Å². The number of nitrogens with one attached hydrogen (secondary N) is 2. The Kier molecular flexibility index (Phi) is 6.83. The lowest BCUT2D eigenvalue weighted by atomic mass is 10.1. The van der Waals surface area contributed by atoms with Gasteiger partial charge in [0.1, 0.15) is 11.4 Å². The Hall–Kier alpha value is -3.13. The first-order valence-electron chi connectivity index (χ1n) is 11.7. The van der Waals surface area contributed by atoms with Crippen molar-refractivity contribution in [1.29, 1.82) is 0 Å². The van der Waals surface area contributed by atoms with Gasteiger partial charge in [0, 0.05) is 44.8 Å². The molecule has 0 aliphatic carbocycles.